The number of likely N-dealkylation sites (N-methyl/N-ethyl adjacent to an activating group) is 1. The average molecular weight is 355 g/mol. The van der Waals surface area contributed by atoms with Gasteiger partial charge in [0.1, 0.15) is 18.9 Å². The zero-order valence-electron chi connectivity index (χ0n) is 14.3. The number of hydrogen-bond donors (Lipinski definition) is 0. The molecule has 136 valence electrons. The van der Waals surface area contributed by atoms with Crippen LogP contribution in [0, 0.1) is 13.8 Å². The van der Waals surface area contributed by atoms with Crippen molar-refractivity contribution in [3.05, 3.63) is 47.3 Å². The van der Waals surface area contributed by atoms with Crippen LogP contribution in [0.25, 0.3) is 0 Å². The molecule has 0 saturated carbocycles. The Morgan fingerprint density at radius 1 is 1.24 bits per heavy atom. The Morgan fingerprint density at radius 3 is 2.44 bits per heavy atom. The number of amides is 1. The Kier molecular flexibility index (Phi) is 5.71. The smallest absolute Gasteiger partial charge is 0.435 e. The molecule has 0 radical (unpaired) electrons. The van der Waals surface area contributed by atoms with E-state index in [0.717, 1.165) is 33.8 Å². The van der Waals surface area contributed by atoms with E-state index in [1.165, 1.54) is 4.90 Å². The second-order valence-corrected chi connectivity index (χ2v) is 5.88. The molecular weight excluding hydrogens is 335 g/mol. The number of ether oxygens (including phenoxy) is 1. The summed E-state index contributed by atoms with van der Waals surface area (Å²) in [5.74, 6) is 0.376. The van der Waals surface area contributed by atoms with Crippen LogP contribution in [0.15, 0.2) is 30.5 Å². The van der Waals surface area contributed by atoms with Crippen molar-refractivity contribution >= 4 is 5.91 Å². The summed E-state index contributed by atoms with van der Waals surface area (Å²) < 4.78 is 44.1. The van der Waals surface area contributed by atoms with Gasteiger partial charge in [0.15, 0.2) is 5.69 Å². The van der Waals surface area contributed by atoms with Crippen LogP contribution >= 0.6 is 0 Å². The number of alkyl halides is 3. The maximum absolute atomic E-state index is 12.5. The van der Waals surface area contributed by atoms with Gasteiger partial charge in [-0.1, -0.05) is 6.07 Å². The van der Waals surface area contributed by atoms with E-state index in [-0.39, 0.29) is 19.1 Å². The lowest BCUT2D eigenvalue weighted by Crippen LogP contribution is -2.33. The Labute approximate surface area is 144 Å². The quantitative estimate of drug-likeness (QED) is 0.800. The fourth-order valence-corrected chi connectivity index (χ4v) is 2.30. The van der Waals surface area contributed by atoms with E-state index in [4.69, 9.17) is 4.74 Å². The summed E-state index contributed by atoms with van der Waals surface area (Å²) >= 11 is 0. The van der Waals surface area contributed by atoms with Crippen molar-refractivity contribution in [3.63, 3.8) is 0 Å². The molecule has 2 rings (SSSR count). The number of aromatic nitrogens is 2. The highest BCUT2D eigenvalue weighted by atomic mass is 19.4. The van der Waals surface area contributed by atoms with Crippen molar-refractivity contribution in [1.29, 1.82) is 0 Å². The maximum Gasteiger partial charge on any atom is 0.435 e. The first-order valence-corrected chi connectivity index (χ1v) is 7.71. The summed E-state index contributed by atoms with van der Waals surface area (Å²) in [6.07, 6.45) is -3.37. The van der Waals surface area contributed by atoms with Gasteiger partial charge in [-0.15, -0.1) is 0 Å². The van der Waals surface area contributed by atoms with Gasteiger partial charge in [-0.2, -0.15) is 18.3 Å². The summed E-state index contributed by atoms with van der Waals surface area (Å²) in [6.45, 7) is 4.29. The SMILES string of the molecule is Cc1cc(C)cc(OCCN(C)C(=O)Cn2ccc(C(F)(F)F)n2)c1. The summed E-state index contributed by atoms with van der Waals surface area (Å²) in [5, 5.41) is 3.36. The van der Waals surface area contributed by atoms with Crippen LogP contribution in [0.2, 0.25) is 0 Å². The summed E-state index contributed by atoms with van der Waals surface area (Å²) in [7, 11) is 1.57. The van der Waals surface area contributed by atoms with Crippen LogP contribution in [0.4, 0.5) is 13.2 Å². The molecule has 0 aliphatic carbocycles. The molecule has 2 aromatic rings. The first kappa shape index (κ1) is 18.8. The molecular formula is C17H20F3N3O2. The molecule has 0 bridgehead atoms. The normalized spacial score (nSPS) is 11.4. The number of halogens is 3. The Bertz CT molecular complexity index is 721. The molecule has 0 fully saturated rings. The highest BCUT2D eigenvalue weighted by Gasteiger charge is 2.33. The number of hydrogen-bond acceptors (Lipinski definition) is 3. The van der Waals surface area contributed by atoms with Crippen molar-refractivity contribution in [3.8, 4) is 5.75 Å². The molecule has 8 heteroatoms. The molecule has 1 aromatic carbocycles. The lowest BCUT2D eigenvalue weighted by molar-refractivity contribution is -0.142. The first-order chi connectivity index (χ1) is 11.6. The van der Waals surface area contributed by atoms with Gasteiger partial charge in [0.25, 0.3) is 0 Å². The highest BCUT2D eigenvalue weighted by Crippen LogP contribution is 2.27. The molecule has 25 heavy (non-hydrogen) atoms. The number of benzene rings is 1. The molecule has 0 aliphatic heterocycles. The second kappa shape index (κ2) is 7.58. The van der Waals surface area contributed by atoms with Crippen LogP contribution < -0.4 is 4.74 Å². The minimum atomic E-state index is -4.51. The van der Waals surface area contributed by atoms with Gasteiger partial charge in [0.2, 0.25) is 5.91 Å². The van der Waals surface area contributed by atoms with Crippen molar-refractivity contribution in [2.45, 2.75) is 26.6 Å². The van der Waals surface area contributed by atoms with Crippen LogP contribution in [0.1, 0.15) is 16.8 Å². The van der Waals surface area contributed by atoms with Crippen molar-refractivity contribution in [1.82, 2.24) is 14.7 Å². The molecule has 0 spiro atoms. The first-order valence-electron chi connectivity index (χ1n) is 7.71. The van der Waals surface area contributed by atoms with Gasteiger partial charge in [-0.3, -0.25) is 9.48 Å². The Balaban J connectivity index is 1.83. The Morgan fingerprint density at radius 2 is 1.88 bits per heavy atom. The molecule has 5 nitrogen and oxygen atoms in total. The predicted molar refractivity (Wildman–Crippen MR) is 86.3 cm³/mol. The van der Waals surface area contributed by atoms with Gasteiger partial charge in [0.05, 0.1) is 6.54 Å². The lowest BCUT2D eigenvalue weighted by Gasteiger charge is -2.18. The Hall–Kier alpha value is -2.51. The van der Waals surface area contributed by atoms with E-state index >= 15 is 0 Å². The fourth-order valence-electron chi connectivity index (χ4n) is 2.30. The van der Waals surface area contributed by atoms with Crippen molar-refractivity contribution in [2.75, 3.05) is 20.2 Å². The monoisotopic (exact) mass is 355 g/mol. The van der Waals surface area contributed by atoms with E-state index < -0.39 is 11.9 Å². The molecule has 1 heterocycles. The van der Waals surface area contributed by atoms with Gasteiger partial charge in [-0.05, 0) is 43.2 Å². The molecule has 1 aromatic heterocycles. The largest absolute Gasteiger partial charge is 0.492 e. The van der Waals surface area contributed by atoms with Gasteiger partial charge in [-0.25, -0.2) is 0 Å². The van der Waals surface area contributed by atoms with E-state index in [0.29, 0.717) is 6.54 Å². The molecule has 0 aliphatic rings. The molecule has 0 N–H and O–H groups in total. The van der Waals surface area contributed by atoms with E-state index in [1.54, 1.807) is 7.05 Å². The van der Waals surface area contributed by atoms with E-state index in [1.807, 2.05) is 32.0 Å². The lowest BCUT2D eigenvalue weighted by atomic mass is 10.1. The average Bonchev–Trinajstić information content (AvgIpc) is 2.94. The fraction of sp³-hybridized carbons (Fsp3) is 0.412. The third-order valence-corrected chi connectivity index (χ3v) is 3.54. The third-order valence-electron chi connectivity index (χ3n) is 3.54. The van der Waals surface area contributed by atoms with Crippen LogP contribution in [-0.4, -0.2) is 40.8 Å². The molecule has 1 amide bonds. The van der Waals surface area contributed by atoms with Gasteiger partial charge >= 0.3 is 6.18 Å². The van der Waals surface area contributed by atoms with Crippen molar-refractivity contribution < 1.29 is 22.7 Å². The molecule has 0 unspecified atom stereocenters. The predicted octanol–water partition coefficient (Wildman–Crippen LogP) is 3.06. The minimum Gasteiger partial charge on any atom is -0.492 e. The highest BCUT2D eigenvalue weighted by molar-refractivity contribution is 5.75. The second-order valence-electron chi connectivity index (χ2n) is 5.88. The van der Waals surface area contributed by atoms with Gasteiger partial charge in [0, 0.05) is 13.2 Å². The zero-order chi connectivity index (χ0) is 18.6. The molecule has 0 saturated heterocycles. The number of nitrogens with zero attached hydrogens (tertiary/aromatic N) is 3. The number of carbonyl (C=O) groups is 1. The maximum atomic E-state index is 12.5. The number of aryl methyl sites for hydroxylation is 2. The minimum absolute atomic E-state index is 0.254. The third kappa shape index (κ3) is 5.51. The van der Waals surface area contributed by atoms with Crippen LogP contribution in [-0.2, 0) is 17.5 Å². The molecule has 0 atom stereocenters. The standard InChI is InChI=1S/C17H20F3N3O2/c1-12-8-13(2)10-14(9-12)25-7-6-22(3)16(24)11-23-5-4-15(21-23)17(18,19)20/h4-5,8-10H,6-7,11H2,1-3H3. The summed E-state index contributed by atoms with van der Waals surface area (Å²) in [5.41, 5.74) is 1.15. The topological polar surface area (TPSA) is 47.4 Å². The van der Waals surface area contributed by atoms with Gasteiger partial charge < -0.3 is 9.64 Å². The van der Waals surface area contributed by atoms with E-state index in [9.17, 15) is 18.0 Å². The van der Waals surface area contributed by atoms with E-state index in [2.05, 4.69) is 5.10 Å². The number of rotatable bonds is 6. The van der Waals surface area contributed by atoms with Crippen molar-refractivity contribution in [2.24, 2.45) is 0 Å². The van der Waals surface area contributed by atoms with Crippen LogP contribution in [0.5, 0.6) is 5.75 Å². The number of carbonyl (C=O) groups excluding carboxylic acids is 1. The summed E-state index contributed by atoms with van der Waals surface area (Å²) in [6, 6.07) is 6.67. The zero-order valence-corrected chi connectivity index (χ0v) is 14.3. The summed E-state index contributed by atoms with van der Waals surface area (Å²) in [4.78, 5) is 13.5. The van der Waals surface area contributed by atoms with Crippen LogP contribution in [0.3, 0.4) is 0 Å².